The summed E-state index contributed by atoms with van der Waals surface area (Å²) in [5, 5.41) is 10.9. The average molecular weight is 364 g/mol. The maximum atomic E-state index is 9.57. The second kappa shape index (κ2) is 8.26. The summed E-state index contributed by atoms with van der Waals surface area (Å²) < 4.78 is 2.22. The van der Waals surface area contributed by atoms with Gasteiger partial charge in [0.05, 0.1) is 0 Å². The van der Waals surface area contributed by atoms with E-state index in [1.54, 1.807) is 0 Å². The predicted octanol–water partition coefficient (Wildman–Crippen LogP) is 3.25. The summed E-state index contributed by atoms with van der Waals surface area (Å²) in [7, 11) is 2.12. The summed E-state index contributed by atoms with van der Waals surface area (Å²) in [6.07, 6.45) is 3.10. The van der Waals surface area contributed by atoms with Gasteiger partial charge in [-0.3, -0.25) is 9.80 Å². The van der Waals surface area contributed by atoms with Crippen LogP contribution < -0.4 is 0 Å². The van der Waals surface area contributed by atoms with Crippen molar-refractivity contribution in [2.75, 3.05) is 26.2 Å². The number of hydrogen-bond donors (Lipinski definition) is 1. The topological polar surface area (TPSA) is 31.6 Å². The van der Waals surface area contributed by atoms with Gasteiger partial charge in [-0.25, -0.2) is 0 Å². The van der Waals surface area contributed by atoms with Crippen molar-refractivity contribution in [3.8, 4) is 0 Å². The third-order valence-corrected chi connectivity index (χ3v) is 5.75. The molecule has 4 rings (SSSR count). The summed E-state index contributed by atoms with van der Waals surface area (Å²) in [4.78, 5) is 5.08. The number of benzene rings is 2. The van der Waals surface area contributed by atoms with Crippen molar-refractivity contribution in [1.82, 2.24) is 14.4 Å². The number of hydrogen-bond acceptors (Lipinski definition) is 3. The maximum absolute atomic E-state index is 9.57. The third-order valence-electron chi connectivity index (χ3n) is 5.75. The zero-order valence-electron chi connectivity index (χ0n) is 16.1. The number of piperazine rings is 1. The predicted molar refractivity (Wildman–Crippen MR) is 111 cm³/mol. The number of aryl methyl sites for hydroxylation is 1. The van der Waals surface area contributed by atoms with Gasteiger partial charge in [0, 0.05) is 69.5 Å². The zero-order chi connectivity index (χ0) is 18.6. The number of aliphatic hydroxyl groups is 1. The van der Waals surface area contributed by atoms with Crippen molar-refractivity contribution in [3.63, 3.8) is 0 Å². The van der Waals surface area contributed by atoms with Gasteiger partial charge in [-0.15, -0.1) is 0 Å². The molecule has 0 spiro atoms. The number of aromatic nitrogens is 1. The Morgan fingerprint density at radius 2 is 1.74 bits per heavy atom. The van der Waals surface area contributed by atoms with Crippen molar-refractivity contribution in [1.29, 1.82) is 0 Å². The molecule has 1 atom stereocenters. The summed E-state index contributed by atoms with van der Waals surface area (Å²) >= 11 is 0. The van der Waals surface area contributed by atoms with E-state index in [-0.39, 0.29) is 6.61 Å². The molecule has 1 aliphatic heterocycles. The molecule has 0 bridgehead atoms. The normalized spacial score (nSPS) is 19.0. The van der Waals surface area contributed by atoms with Gasteiger partial charge in [0.2, 0.25) is 0 Å². The van der Waals surface area contributed by atoms with Gasteiger partial charge in [0.1, 0.15) is 0 Å². The van der Waals surface area contributed by atoms with E-state index in [1.165, 1.54) is 22.0 Å². The molecule has 1 unspecified atom stereocenters. The Kier molecular flexibility index (Phi) is 5.58. The molecule has 0 saturated carbocycles. The Labute approximate surface area is 161 Å². The van der Waals surface area contributed by atoms with Gasteiger partial charge in [-0.2, -0.15) is 0 Å². The standard InChI is InChI=1S/C23H29N3O/c1-24-16-20(22-9-5-6-10-23(22)24)17-25-12-13-26(21(18-25)11-14-27)15-19-7-3-2-4-8-19/h2-10,16,21,27H,11-15,17-18H2,1H3. The number of fused-ring (bicyclic) bond motifs is 1. The molecule has 1 aromatic heterocycles. The van der Waals surface area contributed by atoms with Crippen LogP contribution in [0.1, 0.15) is 17.5 Å². The smallest absolute Gasteiger partial charge is 0.0481 e. The van der Waals surface area contributed by atoms with Gasteiger partial charge >= 0.3 is 0 Å². The minimum Gasteiger partial charge on any atom is -0.396 e. The van der Waals surface area contributed by atoms with E-state index < -0.39 is 0 Å². The van der Waals surface area contributed by atoms with E-state index in [0.717, 1.165) is 39.1 Å². The molecule has 0 radical (unpaired) electrons. The van der Waals surface area contributed by atoms with E-state index in [9.17, 15) is 5.11 Å². The Morgan fingerprint density at radius 3 is 2.56 bits per heavy atom. The van der Waals surface area contributed by atoms with Crippen LogP contribution in [0.25, 0.3) is 10.9 Å². The number of aliphatic hydroxyl groups excluding tert-OH is 1. The lowest BCUT2D eigenvalue weighted by Gasteiger charge is -2.41. The van der Waals surface area contributed by atoms with Crippen LogP contribution in [0.2, 0.25) is 0 Å². The maximum Gasteiger partial charge on any atom is 0.0481 e. The fourth-order valence-corrected chi connectivity index (χ4v) is 4.34. The van der Waals surface area contributed by atoms with Gasteiger partial charge in [0.25, 0.3) is 0 Å². The Balaban J connectivity index is 1.46. The van der Waals surface area contributed by atoms with Gasteiger partial charge in [-0.1, -0.05) is 48.5 Å². The molecule has 1 fully saturated rings. The monoisotopic (exact) mass is 363 g/mol. The van der Waals surface area contributed by atoms with E-state index in [0.29, 0.717) is 6.04 Å². The van der Waals surface area contributed by atoms with Crippen molar-refractivity contribution in [2.24, 2.45) is 7.05 Å². The number of rotatable bonds is 6. The highest BCUT2D eigenvalue weighted by atomic mass is 16.3. The lowest BCUT2D eigenvalue weighted by atomic mass is 10.1. The first-order chi connectivity index (χ1) is 13.2. The molecule has 3 aromatic rings. The fourth-order valence-electron chi connectivity index (χ4n) is 4.34. The van der Waals surface area contributed by atoms with Gasteiger partial charge < -0.3 is 9.67 Å². The van der Waals surface area contributed by atoms with E-state index >= 15 is 0 Å². The molecule has 0 amide bonds. The van der Waals surface area contributed by atoms with Crippen LogP contribution >= 0.6 is 0 Å². The summed E-state index contributed by atoms with van der Waals surface area (Å²) in [5.41, 5.74) is 4.04. The Bertz CT molecular complexity index is 874. The molecule has 4 heteroatoms. The second-order valence-electron chi connectivity index (χ2n) is 7.64. The van der Waals surface area contributed by atoms with Crippen LogP contribution in [0, 0.1) is 0 Å². The highest BCUT2D eigenvalue weighted by Crippen LogP contribution is 2.24. The molecule has 0 aliphatic carbocycles. The summed E-state index contributed by atoms with van der Waals surface area (Å²) in [6, 6.07) is 19.7. The van der Waals surface area contributed by atoms with E-state index in [2.05, 4.69) is 82.2 Å². The quantitative estimate of drug-likeness (QED) is 0.730. The zero-order valence-corrected chi connectivity index (χ0v) is 16.1. The molecular formula is C23H29N3O. The van der Waals surface area contributed by atoms with Crippen LogP contribution in [-0.4, -0.2) is 51.8 Å². The number of nitrogens with zero attached hydrogens (tertiary/aromatic N) is 3. The van der Waals surface area contributed by atoms with Gasteiger partial charge in [-0.05, 0) is 23.6 Å². The highest BCUT2D eigenvalue weighted by Gasteiger charge is 2.27. The molecule has 1 saturated heterocycles. The van der Waals surface area contributed by atoms with Crippen LogP contribution in [0.3, 0.4) is 0 Å². The van der Waals surface area contributed by atoms with E-state index in [1.807, 2.05) is 0 Å². The molecule has 1 aliphatic rings. The largest absolute Gasteiger partial charge is 0.396 e. The molecule has 2 heterocycles. The van der Waals surface area contributed by atoms with Crippen LogP contribution in [-0.2, 0) is 20.1 Å². The third kappa shape index (κ3) is 4.08. The SMILES string of the molecule is Cn1cc(CN2CCN(Cc3ccccc3)C(CCO)C2)c2ccccc21. The lowest BCUT2D eigenvalue weighted by molar-refractivity contribution is 0.0501. The first-order valence-electron chi connectivity index (χ1n) is 9.88. The second-order valence-corrected chi connectivity index (χ2v) is 7.64. The van der Waals surface area contributed by atoms with Crippen LogP contribution in [0.15, 0.2) is 60.8 Å². The van der Waals surface area contributed by atoms with Crippen LogP contribution in [0.4, 0.5) is 0 Å². The molecular weight excluding hydrogens is 334 g/mol. The average Bonchev–Trinajstić information content (AvgIpc) is 3.01. The van der Waals surface area contributed by atoms with Crippen molar-refractivity contribution < 1.29 is 5.11 Å². The molecule has 1 N–H and O–H groups in total. The Hall–Kier alpha value is -2.14. The van der Waals surface area contributed by atoms with E-state index in [4.69, 9.17) is 0 Å². The lowest BCUT2D eigenvalue weighted by Crippen LogP contribution is -2.52. The van der Waals surface area contributed by atoms with Crippen molar-refractivity contribution in [2.45, 2.75) is 25.6 Å². The summed E-state index contributed by atoms with van der Waals surface area (Å²) in [5.74, 6) is 0. The molecule has 4 nitrogen and oxygen atoms in total. The first-order valence-corrected chi connectivity index (χ1v) is 9.88. The van der Waals surface area contributed by atoms with Crippen LogP contribution in [0.5, 0.6) is 0 Å². The first kappa shape index (κ1) is 18.2. The minimum absolute atomic E-state index is 0.248. The minimum atomic E-state index is 0.248. The van der Waals surface area contributed by atoms with Crippen molar-refractivity contribution in [3.05, 3.63) is 71.9 Å². The fraction of sp³-hybridized carbons (Fsp3) is 0.391. The summed E-state index contributed by atoms with van der Waals surface area (Å²) in [6.45, 7) is 5.31. The number of para-hydroxylation sites is 1. The van der Waals surface area contributed by atoms with Gasteiger partial charge in [0.15, 0.2) is 0 Å². The Morgan fingerprint density at radius 1 is 0.963 bits per heavy atom. The molecule has 27 heavy (non-hydrogen) atoms. The molecule has 2 aromatic carbocycles. The van der Waals surface area contributed by atoms with Crippen molar-refractivity contribution >= 4 is 10.9 Å². The highest BCUT2D eigenvalue weighted by molar-refractivity contribution is 5.83. The molecule has 142 valence electrons.